The maximum absolute atomic E-state index is 13.9. The molecule has 3 aromatic rings. The van der Waals surface area contributed by atoms with Crippen molar-refractivity contribution in [3.05, 3.63) is 83.9 Å². The lowest BCUT2D eigenvalue weighted by atomic mass is 9.95. The Morgan fingerprint density at radius 2 is 1.61 bits per heavy atom. The van der Waals surface area contributed by atoms with Gasteiger partial charge in [-0.1, -0.05) is 85.6 Å². The van der Waals surface area contributed by atoms with Crippen LogP contribution in [0.1, 0.15) is 56.1 Å². The summed E-state index contributed by atoms with van der Waals surface area (Å²) in [4.78, 5) is 52.9. The van der Waals surface area contributed by atoms with Gasteiger partial charge in [0, 0.05) is 17.9 Å². The van der Waals surface area contributed by atoms with E-state index in [1.165, 1.54) is 0 Å². The number of alkyl carbamates (subject to hydrolysis) is 1. The Morgan fingerprint density at radius 3 is 2.33 bits per heavy atom. The van der Waals surface area contributed by atoms with Crippen molar-refractivity contribution in [2.24, 2.45) is 11.8 Å². The molecule has 6 rings (SSSR count). The van der Waals surface area contributed by atoms with Gasteiger partial charge in [0.2, 0.25) is 17.7 Å². The quantitative estimate of drug-likeness (QED) is 0.226. The lowest BCUT2D eigenvalue weighted by Crippen LogP contribution is -2.55. The summed E-state index contributed by atoms with van der Waals surface area (Å²) in [7, 11) is 0. The van der Waals surface area contributed by atoms with E-state index in [1.54, 1.807) is 0 Å². The third-order valence-electron chi connectivity index (χ3n) is 9.27. The molecule has 4 amide bonds. The van der Waals surface area contributed by atoms with Crippen molar-refractivity contribution in [2.45, 2.75) is 81.6 Å². The minimum absolute atomic E-state index is 0.0394. The number of hydrogen-bond donors (Lipinski definition) is 4. The van der Waals surface area contributed by atoms with Gasteiger partial charge in [-0.25, -0.2) is 4.79 Å². The highest BCUT2D eigenvalue weighted by molar-refractivity contribution is 5.93. The second kappa shape index (κ2) is 13.6. The van der Waals surface area contributed by atoms with Gasteiger partial charge in [0.05, 0.1) is 6.07 Å². The van der Waals surface area contributed by atoms with Gasteiger partial charge in [-0.05, 0) is 59.9 Å². The van der Waals surface area contributed by atoms with E-state index in [2.05, 4.69) is 27.3 Å². The molecule has 4 N–H and O–H groups in total. The molecule has 0 bridgehead atoms. The molecule has 238 valence electrons. The number of nitrogens with zero attached hydrogens (tertiary/aromatic N) is 1. The van der Waals surface area contributed by atoms with Gasteiger partial charge in [-0.15, -0.1) is 0 Å². The summed E-state index contributed by atoms with van der Waals surface area (Å²) in [6.45, 7) is 0.0394. The molecule has 3 aliphatic rings. The van der Waals surface area contributed by atoms with E-state index in [1.807, 2.05) is 72.8 Å². The molecule has 3 aromatic carbocycles. The highest BCUT2D eigenvalue weighted by Crippen LogP contribution is 2.46. The number of fused-ring (bicyclic) bond motifs is 1. The van der Waals surface area contributed by atoms with Crippen molar-refractivity contribution < 1.29 is 23.9 Å². The maximum Gasteiger partial charge on any atom is 0.408 e. The van der Waals surface area contributed by atoms with Crippen LogP contribution in [0.3, 0.4) is 0 Å². The van der Waals surface area contributed by atoms with Crippen molar-refractivity contribution in [1.29, 1.82) is 5.26 Å². The van der Waals surface area contributed by atoms with Crippen LogP contribution in [-0.4, -0.2) is 47.5 Å². The first-order chi connectivity index (χ1) is 22.3. The van der Waals surface area contributed by atoms with E-state index in [-0.39, 0.29) is 42.7 Å². The molecule has 1 aliphatic heterocycles. The smallest absolute Gasteiger partial charge is 0.408 e. The number of hydrogen-bond acceptors (Lipinski definition) is 6. The van der Waals surface area contributed by atoms with E-state index in [0.29, 0.717) is 12.8 Å². The molecule has 46 heavy (non-hydrogen) atoms. The Balaban J connectivity index is 1.15. The Morgan fingerprint density at radius 1 is 0.891 bits per heavy atom. The topological polar surface area (TPSA) is 149 Å². The zero-order valence-corrected chi connectivity index (χ0v) is 25.7. The van der Waals surface area contributed by atoms with Gasteiger partial charge in [-0.2, -0.15) is 5.26 Å². The maximum atomic E-state index is 13.9. The van der Waals surface area contributed by atoms with Crippen molar-refractivity contribution in [1.82, 2.24) is 21.3 Å². The van der Waals surface area contributed by atoms with E-state index in [9.17, 15) is 24.4 Å². The van der Waals surface area contributed by atoms with Crippen LogP contribution in [0, 0.1) is 23.2 Å². The van der Waals surface area contributed by atoms with Crippen LogP contribution < -0.4 is 21.3 Å². The fourth-order valence-electron chi connectivity index (χ4n) is 6.35. The summed E-state index contributed by atoms with van der Waals surface area (Å²) in [5.74, 6) is -1.12. The van der Waals surface area contributed by atoms with Crippen molar-refractivity contribution >= 4 is 34.6 Å². The number of benzene rings is 3. The molecule has 2 saturated carbocycles. The molecule has 1 heterocycles. The predicted octanol–water partition coefficient (Wildman–Crippen LogP) is 4.03. The minimum Gasteiger partial charge on any atom is -0.445 e. The van der Waals surface area contributed by atoms with Gasteiger partial charge in [0.1, 0.15) is 24.7 Å². The summed E-state index contributed by atoms with van der Waals surface area (Å²) in [5.41, 5.74) is 1.55. The molecule has 0 radical (unpaired) electrons. The van der Waals surface area contributed by atoms with Crippen LogP contribution in [0.15, 0.2) is 72.8 Å². The summed E-state index contributed by atoms with van der Waals surface area (Å²) in [6, 6.07) is 22.2. The monoisotopic (exact) mass is 621 g/mol. The number of rotatable bonds is 13. The number of ether oxygens (including phenoxy) is 1. The first-order valence-electron chi connectivity index (χ1n) is 16.1. The summed E-state index contributed by atoms with van der Waals surface area (Å²) < 4.78 is 5.44. The van der Waals surface area contributed by atoms with E-state index in [0.717, 1.165) is 47.6 Å². The number of nitriles is 1. The largest absolute Gasteiger partial charge is 0.445 e. The van der Waals surface area contributed by atoms with Gasteiger partial charge in [-0.3, -0.25) is 14.4 Å². The number of carbonyl (C=O) groups excluding carboxylic acids is 4. The summed E-state index contributed by atoms with van der Waals surface area (Å²) in [5, 5.41) is 23.2. The standard InChI is InChI=1S/C36H39N5O5/c37-21-28(18-27-20-36(15-16-36)41-32(27)42)38-33(43)30(17-23-13-14-23)39-34(44)31(40-35(45)46-22-24-7-2-1-3-8-24)19-26-11-6-10-25-9-4-5-12-29(25)26/h1-12,23,27-28,30-31H,13-20,22H2,(H,38,43)(H,39,44)(H,40,45)(H,41,42)/t27-,28+,30+,31+/m1/s1. The second-order valence-electron chi connectivity index (χ2n) is 12.9. The molecule has 10 heteroatoms. The lowest BCUT2D eigenvalue weighted by Gasteiger charge is -2.25. The molecule has 2 aliphatic carbocycles. The lowest BCUT2D eigenvalue weighted by molar-refractivity contribution is -0.130. The Labute approximate surface area is 268 Å². The van der Waals surface area contributed by atoms with Crippen LogP contribution in [-0.2, 0) is 32.1 Å². The molecule has 3 fully saturated rings. The first-order valence-corrected chi connectivity index (χ1v) is 16.1. The van der Waals surface area contributed by atoms with Gasteiger partial charge < -0.3 is 26.0 Å². The van der Waals surface area contributed by atoms with Crippen molar-refractivity contribution in [3.63, 3.8) is 0 Å². The third-order valence-corrected chi connectivity index (χ3v) is 9.27. The number of nitrogens with one attached hydrogen (secondary N) is 4. The Hall–Kier alpha value is -4.91. The average Bonchev–Trinajstić information content (AvgIpc) is 4.00. The fourth-order valence-corrected chi connectivity index (χ4v) is 6.35. The molecular weight excluding hydrogens is 582 g/mol. The Bertz CT molecular complexity index is 1640. The van der Waals surface area contributed by atoms with Gasteiger partial charge >= 0.3 is 6.09 Å². The first kappa shape index (κ1) is 31.1. The van der Waals surface area contributed by atoms with Crippen LogP contribution in [0.25, 0.3) is 10.8 Å². The highest BCUT2D eigenvalue weighted by Gasteiger charge is 2.52. The highest BCUT2D eigenvalue weighted by atomic mass is 16.5. The zero-order valence-electron chi connectivity index (χ0n) is 25.7. The molecule has 1 spiro atoms. The summed E-state index contributed by atoms with van der Waals surface area (Å²) >= 11 is 0. The Kier molecular flexibility index (Phi) is 9.20. The molecule has 1 saturated heterocycles. The van der Waals surface area contributed by atoms with E-state index in [4.69, 9.17) is 4.74 Å². The van der Waals surface area contributed by atoms with E-state index < -0.39 is 36.0 Å². The van der Waals surface area contributed by atoms with Crippen LogP contribution in [0.2, 0.25) is 0 Å². The molecule has 0 aromatic heterocycles. The second-order valence-corrected chi connectivity index (χ2v) is 12.9. The molecule has 4 atom stereocenters. The molecule has 10 nitrogen and oxygen atoms in total. The predicted molar refractivity (Wildman–Crippen MR) is 171 cm³/mol. The fraction of sp³-hybridized carbons (Fsp3) is 0.417. The third kappa shape index (κ3) is 7.83. The number of amides is 4. The van der Waals surface area contributed by atoms with Gasteiger partial charge in [0.15, 0.2) is 0 Å². The van der Waals surface area contributed by atoms with Crippen LogP contribution in [0.5, 0.6) is 0 Å². The number of carbonyl (C=O) groups is 4. The average molecular weight is 622 g/mol. The van der Waals surface area contributed by atoms with E-state index >= 15 is 0 Å². The van der Waals surface area contributed by atoms with Gasteiger partial charge in [0.25, 0.3) is 0 Å². The SMILES string of the molecule is N#C[C@H](C[C@@H]1CC2(CC2)NC1=O)NC(=O)[C@H](CC1CC1)NC(=O)[C@H](Cc1cccc2ccccc12)NC(=O)OCc1ccccc1. The normalized spacial score (nSPS) is 19.7. The molecule has 0 unspecified atom stereocenters. The van der Waals surface area contributed by atoms with Crippen molar-refractivity contribution in [3.8, 4) is 6.07 Å². The summed E-state index contributed by atoms with van der Waals surface area (Å²) in [6.07, 6.45) is 4.53. The minimum atomic E-state index is -1.03. The molecular formula is C36H39N5O5. The van der Waals surface area contributed by atoms with Crippen molar-refractivity contribution in [2.75, 3.05) is 0 Å². The van der Waals surface area contributed by atoms with Crippen LogP contribution >= 0.6 is 0 Å². The zero-order chi connectivity index (χ0) is 32.1. The van der Waals surface area contributed by atoms with Crippen LogP contribution in [0.4, 0.5) is 4.79 Å².